The molecular weight excluding hydrogens is 406 g/mol. The molecule has 0 saturated heterocycles. The van der Waals surface area contributed by atoms with Gasteiger partial charge in [0.05, 0.1) is 13.2 Å². The first-order valence-electron chi connectivity index (χ1n) is 12.8. The normalized spacial score (nSPS) is 11.2. The van der Waals surface area contributed by atoms with Crippen LogP contribution in [0.4, 0.5) is 0 Å². The Morgan fingerprint density at radius 2 is 1.39 bits per heavy atom. The van der Waals surface area contributed by atoms with Gasteiger partial charge in [0, 0.05) is 18.0 Å². The lowest BCUT2D eigenvalue weighted by Gasteiger charge is -2.20. The minimum Gasteiger partial charge on any atom is -0.493 e. The Morgan fingerprint density at radius 1 is 0.774 bits per heavy atom. The van der Waals surface area contributed by atoms with Crippen LogP contribution in [-0.2, 0) is 4.74 Å². The van der Waals surface area contributed by atoms with Crippen molar-refractivity contribution in [3.05, 3.63) is 16.3 Å². The number of rotatable bonds is 21. The number of carbonyl (C=O) groups excluding carboxylic acids is 1. The molecule has 0 bridgehead atoms. The Morgan fingerprint density at radius 3 is 2.00 bits per heavy atom. The molecule has 0 N–H and O–H groups in total. The molecule has 0 atom stereocenters. The van der Waals surface area contributed by atoms with E-state index in [0.717, 1.165) is 57.7 Å². The smallest absolute Gasteiger partial charge is 0.348 e. The first-order chi connectivity index (χ1) is 15.2. The van der Waals surface area contributed by atoms with E-state index in [-0.39, 0.29) is 5.97 Å². The van der Waals surface area contributed by atoms with E-state index in [0.29, 0.717) is 11.5 Å². The van der Waals surface area contributed by atoms with Gasteiger partial charge < -0.3 is 14.4 Å². The van der Waals surface area contributed by atoms with Gasteiger partial charge in [0.15, 0.2) is 0 Å². The maximum absolute atomic E-state index is 12.2. The molecule has 1 aromatic rings. The zero-order valence-corrected chi connectivity index (χ0v) is 21.3. The van der Waals surface area contributed by atoms with Crippen LogP contribution in [0.1, 0.15) is 114 Å². The molecule has 1 aromatic heterocycles. The molecular formula is C26H47NO3S. The third kappa shape index (κ3) is 14.6. The molecule has 0 unspecified atom stereocenters. The van der Waals surface area contributed by atoms with Crippen LogP contribution in [0.2, 0.25) is 0 Å². The fraction of sp³-hybridized carbons (Fsp3) is 0.808. The summed E-state index contributed by atoms with van der Waals surface area (Å²) in [4.78, 5) is 15.3. The summed E-state index contributed by atoms with van der Waals surface area (Å²) in [6, 6.07) is 1.82. The number of ether oxygens (including phenoxy) is 2. The van der Waals surface area contributed by atoms with Crippen molar-refractivity contribution >= 4 is 17.3 Å². The quantitative estimate of drug-likeness (QED) is 0.141. The number of carbonyl (C=O) groups is 1. The van der Waals surface area contributed by atoms with Crippen molar-refractivity contribution in [2.24, 2.45) is 0 Å². The summed E-state index contributed by atoms with van der Waals surface area (Å²) in [7, 11) is 0. The second kappa shape index (κ2) is 19.6. The maximum Gasteiger partial charge on any atom is 0.348 e. The van der Waals surface area contributed by atoms with E-state index in [4.69, 9.17) is 9.47 Å². The molecule has 0 aromatic carbocycles. The van der Waals surface area contributed by atoms with Crippen LogP contribution in [0.5, 0.6) is 5.75 Å². The molecule has 0 aliphatic carbocycles. The molecule has 0 aliphatic heterocycles. The van der Waals surface area contributed by atoms with E-state index >= 15 is 0 Å². The van der Waals surface area contributed by atoms with Crippen LogP contribution in [0.25, 0.3) is 0 Å². The minimum absolute atomic E-state index is 0.226. The summed E-state index contributed by atoms with van der Waals surface area (Å²) in [5, 5.41) is 1.91. The summed E-state index contributed by atoms with van der Waals surface area (Å²) in [5.74, 6) is 0.571. The Kier molecular flexibility index (Phi) is 17.7. The molecule has 1 heterocycles. The van der Waals surface area contributed by atoms with Crippen molar-refractivity contribution in [3.63, 3.8) is 0 Å². The molecule has 5 heteroatoms. The SMILES string of the molecule is CCCCCCCCCCCCOc1csc(C(=O)OCCCN(CCC)CCC)c1. The molecule has 0 radical (unpaired) electrons. The Labute approximate surface area is 195 Å². The van der Waals surface area contributed by atoms with Crippen molar-refractivity contribution in [2.75, 3.05) is 32.8 Å². The fourth-order valence-corrected chi connectivity index (χ4v) is 4.49. The van der Waals surface area contributed by atoms with E-state index in [2.05, 4.69) is 25.7 Å². The molecule has 0 spiro atoms. The van der Waals surface area contributed by atoms with Gasteiger partial charge >= 0.3 is 5.97 Å². The molecule has 0 aliphatic rings. The third-order valence-electron chi connectivity index (χ3n) is 5.47. The van der Waals surface area contributed by atoms with Crippen LogP contribution in [0.3, 0.4) is 0 Å². The minimum atomic E-state index is -0.226. The van der Waals surface area contributed by atoms with Gasteiger partial charge in [0.2, 0.25) is 0 Å². The van der Waals surface area contributed by atoms with E-state index < -0.39 is 0 Å². The van der Waals surface area contributed by atoms with Gasteiger partial charge in [-0.1, -0.05) is 78.6 Å². The van der Waals surface area contributed by atoms with Crippen LogP contribution >= 0.6 is 11.3 Å². The number of nitrogens with zero attached hydrogens (tertiary/aromatic N) is 1. The zero-order valence-electron chi connectivity index (χ0n) is 20.5. The number of unbranched alkanes of at least 4 members (excludes halogenated alkanes) is 9. The number of hydrogen-bond donors (Lipinski definition) is 0. The Balaban J connectivity index is 2.07. The molecule has 4 nitrogen and oxygen atoms in total. The first-order valence-corrected chi connectivity index (χ1v) is 13.7. The number of hydrogen-bond acceptors (Lipinski definition) is 5. The van der Waals surface area contributed by atoms with Crippen molar-refractivity contribution in [1.82, 2.24) is 4.90 Å². The van der Waals surface area contributed by atoms with E-state index in [1.807, 2.05) is 11.4 Å². The average molecular weight is 454 g/mol. The van der Waals surface area contributed by atoms with E-state index in [1.54, 1.807) is 0 Å². The van der Waals surface area contributed by atoms with Crippen molar-refractivity contribution < 1.29 is 14.3 Å². The zero-order chi connectivity index (χ0) is 22.6. The molecule has 0 saturated carbocycles. The summed E-state index contributed by atoms with van der Waals surface area (Å²) in [5.41, 5.74) is 0. The van der Waals surface area contributed by atoms with Gasteiger partial charge in [-0.3, -0.25) is 0 Å². The molecule has 0 amide bonds. The highest BCUT2D eigenvalue weighted by molar-refractivity contribution is 7.12. The summed E-state index contributed by atoms with van der Waals surface area (Å²) < 4.78 is 11.3. The maximum atomic E-state index is 12.2. The van der Waals surface area contributed by atoms with Crippen molar-refractivity contribution in [2.45, 2.75) is 104 Å². The molecule has 1 rings (SSSR count). The first kappa shape index (κ1) is 28.0. The number of esters is 1. The summed E-state index contributed by atoms with van der Waals surface area (Å²) in [6.45, 7) is 11.1. The van der Waals surface area contributed by atoms with Crippen LogP contribution < -0.4 is 4.74 Å². The number of thiophene rings is 1. The van der Waals surface area contributed by atoms with Gasteiger partial charge in [-0.2, -0.15) is 0 Å². The summed E-state index contributed by atoms with van der Waals surface area (Å²) in [6.07, 6.45) is 16.4. The van der Waals surface area contributed by atoms with Gasteiger partial charge in [0.25, 0.3) is 0 Å². The molecule has 0 fully saturated rings. The van der Waals surface area contributed by atoms with Gasteiger partial charge in [-0.25, -0.2) is 4.79 Å². The predicted molar refractivity (Wildman–Crippen MR) is 134 cm³/mol. The lowest BCUT2D eigenvalue weighted by Crippen LogP contribution is -2.27. The Bertz CT molecular complexity index is 541. The Hall–Kier alpha value is -1.07. The fourth-order valence-electron chi connectivity index (χ4n) is 3.77. The highest BCUT2D eigenvalue weighted by Gasteiger charge is 2.12. The van der Waals surface area contributed by atoms with Gasteiger partial charge in [0.1, 0.15) is 10.6 Å². The van der Waals surface area contributed by atoms with Crippen LogP contribution in [0, 0.1) is 0 Å². The van der Waals surface area contributed by atoms with Crippen LogP contribution in [0.15, 0.2) is 11.4 Å². The largest absolute Gasteiger partial charge is 0.493 e. The van der Waals surface area contributed by atoms with Gasteiger partial charge in [-0.15, -0.1) is 11.3 Å². The highest BCUT2D eigenvalue weighted by Crippen LogP contribution is 2.23. The third-order valence-corrected chi connectivity index (χ3v) is 6.36. The predicted octanol–water partition coefficient (Wildman–Crippen LogP) is 7.72. The highest BCUT2D eigenvalue weighted by atomic mass is 32.1. The lowest BCUT2D eigenvalue weighted by molar-refractivity contribution is 0.0493. The van der Waals surface area contributed by atoms with E-state index in [1.165, 1.54) is 69.1 Å². The molecule has 31 heavy (non-hydrogen) atoms. The summed E-state index contributed by atoms with van der Waals surface area (Å²) >= 11 is 1.41. The lowest BCUT2D eigenvalue weighted by atomic mass is 10.1. The van der Waals surface area contributed by atoms with Crippen molar-refractivity contribution in [1.29, 1.82) is 0 Å². The second-order valence-electron chi connectivity index (χ2n) is 8.51. The van der Waals surface area contributed by atoms with Gasteiger partial charge in [-0.05, 0) is 38.8 Å². The molecule has 180 valence electrons. The van der Waals surface area contributed by atoms with E-state index in [9.17, 15) is 4.79 Å². The van der Waals surface area contributed by atoms with Crippen LogP contribution in [-0.4, -0.2) is 43.7 Å². The van der Waals surface area contributed by atoms with Crippen molar-refractivity contribution in [3.8, 4) is 5.75 Å². The average Bonchev–Trinajstić information content (AvgIpc) is 3.24. The monoisotopic (exact) mass is 453 g/mol. The standard InChI is InChI=1S/C26H47NO3S/c1-4-7-8-9-10-11-12-13-14-15-20-29-24-22-25(31-23-24)26(28)30-21-16-19-27(17-5-2)18-6-3/h22-23H,4-21H2,1-3H3. The second-order valence-corrected chi connectivity index (χ2v) is 9.42. The topological polar surface area (TPSA) is 38.8 Å².